The number of halogens is 2. The third kappa shape index (κ3) is 3.05. The summed E-state index contributed by atoms with van der Waals surface area (Å²) < 4.78 is 6.28. The van der Waals surface area contributed by atoms with Gasteiger partial charge in [-0.05, 0) is 23.8 Å². The van der Waals surface area contributed by atoms with Gasteiger partial charge in [0, 0.05) is 15.1 Å². The number of rotatable bonds is 3. The van der Waals surface area contributed by atoms with E-state index in [2.05, 4.69) is 0 Å². The average Bonchev–Trinajstić information content (AvgIpc) is 2.84. The van der Waals surface area contributed by atoms with Crippen LogP contribution in [0.5, 0.6) is 0 Å². The largest absolute Gasteiger partial charge is 0.457 e. The van der Waals surface area contributed by atoms with Crippen LogP contribution in [0.25, 0.3) is 10.1 Å². The Kier molecular flexibility index (Phi) is 4.15. The lowest BCUT2D eigenvalue weighted by Gasteiger charge is -2.04. The molecule has 0 saturated heterocycles. The van der Waals surface area contributed by atoms with Crippen LogP contribution in [0.1, 0.15) is 15.2 Å². The van der Waals surface area contributed by atoms with Gasteiger partial charge in [-0.3, -0.25) is 0 Å². The van der Waals surface area contributed by atoms with Crippen molar-refractivity contribution in [1.29, 1.82) is 0 Å². The molecule has 2 nitrogen and oxygen atoms in total. The topological polar surface area (TPSA) is 26.3 Å². The SMILES string of the molecule is O=C(OCc1ccc(Cl)cc1)c1sc2ccccc2c1Cl. The van der Waals surface area contributed by atoms with Crippen LogP contribution in [-0.2, 0) is 11.3 Å². The van der Waals surface area contributed by atoms with Crippen molar-refractivity contribution in [2.24, 2.45) is 0 Å². The highest BCUT2D eigenvalue weighted by Gasteiger charge is 2.18. The number of hydrogen-bond donors (Lipinski definition) is 0. The number of esters is 1. The van der Waals surface area contributed by atoms with Gasteiger partial charge in [-0.25, -0.2) is 4.79 Å². The number of carbonyl (C=O) groups is 1. The predicted molar refractivity (Wildman–Crippen MR) is 87.4 cm³/mol. The van der Waals surface area contributed by atoms with Gasteiger partial charge in [0.25, 0.3) is 0 Å². The highest BCUT2D eigenvalue weighted by Crippen LogP contribution is 2.35. The molecule has 0 aliphatic carbocycles. The molecule has 1 aromatic heterocycles. The van der Waals surface area contributed by atoms with E-state index in [4.69, 9.17) is 27.9 Å². The molecule has 3 aromatic rings. The van der Waals surface area contributed by atoms with Crippen molar-refractivity contribution >= 4 is 50.6 Å². The number of fused-ring (bicyclic) bond motifs is 1. The van der Waals surface area contributed by atoms with Gasteiger partial charge in [0.05, 0.1) is 5.02 Å². The molecule has 2 aromatic carbocycles. The first-order chi connectivity index (χ1) is 10.1. The summed E-state index contributed by atoms with van der Waals surface area (Å²) in [5, 5.41) is 1.98. The Morgan fingerprint density at radius 2 is 1.76 bits per heavy atom. The molecule has 0 N–H and O–H groups in total. The van der Waals surface area contributed by atoms with Crippen LogP contribution in [0.4, 0.5) is 0 Å². The van der Waals surface area contributed by atoms with E-state index >= 15 is 0 Å². The molecule has 3 rings (SSSR count). The van der Waals surface area contributed by atoms with Crippen LogP contribution in [0, 0.1) is 0 Å². The zero-order chi connectivity index (χ0) is 14.8. The first-order valence-corrected chi connectivity index (χ1v) is 7.81. The third-order valence-electron chi connectivity index (χ3n) is 3.00. The first-order valence-electron chi connectivity index (χ1n) is 6.24. The summed E-state index contributed by atoms with van der Waals surface area (Å²) in [6, 6.07) is 14.8. The van der Waals surface area contributed by atoms with Crippen LogP contribution in [0.15, 0.2) is 48.5 Å². The number of carbonyl (C=O) groups excluding carboxylic acids is 1. The van der Waals surface area contributed by atoms with E-state index in [0.717, 1.165) is 15.6 Å². The molecular formula is C16H10Cl2O2S. The van der Waals surface area contributed by atoms with E-state index in [-0.39, 0.29) is 6.61 Å². The molecule has 1 heterocycles. The first kappa shape index (κ1) is 14.4. The Bertz CT molecular complexity index is 794. The van der Waals surface area contributed by atoms with Crippen molar-refractivity contribution in [2.45, 2.75) is 6.61 Å². The van der Waals surface area contributed by atoms with Gasteiger partial charge in [0.15, 0.2) is 0 Å². The lowest BCUT2D eigenvalue weighted by atomic mass is 10.2. The summed E-state index contributed by atoms with van der Waals surface area (Å²) in [6.45, 7) is 0.195. The molecule has 0 aliphatic heterocycles. The Hall–Kier alpha value is -1.55. The highest BCUT2D eigenvalue weighted by molar-refractivity contribution is 7.21. The van der Waals surface area contributed by atoms with Crippen LogP contribution < -0.4 is 0 Å². The second-order valence-corrected chi connectivity index (χ2v) is 6.31. The average molecular weight is 337 g/mol. The molecule has 21 heavy (non-hydrogen) atoms. The molecule has 0 radical (unpaired) electrons. The molecule has 106 valence electrons. The zero-order valence-electron chi connectivity index (χ0n) is 10.8. The minimum Gasteiger partial charge on any atom is -0.457 e. The predicted octanol–water partition coefficient (Wildman–Crippen LogP) is 5.57. The van der Waals surface area contributed by atoms with Crippen molar-refractivity contribution < 1.29 is 9.53 Å². The van der Waals surface area contributed by atoms with E-state index in [9.17, 15) is 4.79 Å². The maximum absolute atomic E-state index is 12.2. The Morgan fingerprint density at radius 3 is 2.48 bits per heavy atom. The van der Waals surface area contributed by atoms with Crippen LogP contribution >= 0.6 is 34.5 Å². The van der Waals surface area contributed by atoms with E-state index in [1.54, 1.807) is 12.1 Å². The third-order valence-corrected chi connectivity index (χ3v) is 4.91. The molecule has 0 spiro atoms. The zero-order valence-corrected chi connectivity index (χ0v) is 13.1. The smallest absolute Gasteiger partial charge is 0.350 e. The van der Waals surface area contributed by atoms with Gasteiger partial charge in [-0.1, -0.05) is 53.5 Å². The quantitative estimate of drug-likeness (QED) is 0.585. The van der Waals surface area contributed by atoms with Gasteiger partial charge in [-0.2, -0.15) is 0 Å². The normalized spacial score (nSPS) is 10.8. The summed E-state index contributed by atoms with van der Waals surface area (Å²) in [6.07, 6.45) is 0. The molecule has 0 aliphatic rings. The van der Waals surface area contributed by atoms with Gasteiger partial charge < -0.3 is 4.74 Å². The van der Waals surface area contributed by atoms with Crippen molar-refractivity contribution in [1.82, 2.24) is 0 Å². The molecular weight excluding hydrogens is 327 g/mol. The highest BCUT2D eigenvalue weighted by atomic mass is 35.5. The summed E-state index contributed by atoms with van der Waals surface area (Å²) >= 11 is 13.4. The van der Waals surface area contributed by atoms with Gasteiger partial charge >= 0.3 is 5.97 Å². The Labute approximate surface area is 135 Å². The molecule has 0 atom stereocenters. The second-order valence-electron chi connectivity index (χ2n) is 4.44. The van der Waals surface area contributed by atoms with Gasteiger partial charge in [0.1, 0.15) is 11.5 Å². The minimum absolute atomic E-state index is 0.195. The van der Waals surface area contributed by atoms with Crippen molar-refractivity contribution in [3.63, 3.8) is 0 Å². The van der Waals surface area contributed by atoms with E-state index < -0.39 is 5.97 Å². The van der Waals surface area contributed by atoms with Crippen molar-refractivity contribution in [2.75, 3.05) is 0 Å². The molecule has 0 bridgehead atoms. The lowest BCUT2D eigenvalue weighted by Crippen LogP contribution is -2.03. The second kappa shape index (κ2) is 6.06. The molecule has 0 amide bonds. The minimum atomic E-state index is -0.406. The molecule has 0 saturated carbocycles. The van der Waals surface area contributed by atoms with Crippen LogP contribution in [0.3, 0.4) is 0 Å². The van der Waals surface area contributed by atoms with Gasteiger partial charge in [0.2, 0.25) is 0 Å². The Morgan fingerprint density at radius 1 is 1.05 bits per heavy atom. The van der Waals surface area contributed by atoms with E-state index in [1.165, 1.54) is 11.3 Å². The number of hydrogen-bond acceptors (Lipinski definition) is 3. The lowest BCUT2D eigenvalue weighted by molar-refractivity contribution is 0.0479. The molecule has 5 heteroatoms. The maximum Gasteiger partial charge on any atom is 0.350 e. The standard InChI is InChI=1S/C16H10Cl2O2S/c17-11-7-5-10(6-8-11)9-20-16(19)15-14(18)12-3-1-2-4-13(12)21-15/h1-8H,9H2. The maximum atomic E-state index is 12.2. The summed E-state index contributed by atoms with van der Waals surface area (Å²) in [4.78, 5) is 12.6. The molecule has 0 fully saturated rings. The summed E-state index contributed by atoms with van der Waals surface area (Å²) in [5.41, 5.74) is 0.880. The number of thiophene rings is 1. The fourth-order valence-corrected chi connectivity index (χ4v) is 3.47. The Balaban J connectivity index is 1.78. The summed E-state index contributed by atoms with van der Waals surface area (Å²) in [5.74, 6) is -0.406. The molecule has 0 unspecified atom stereocenters. The van der Waals surface area contributed by atoms with Crippen LogP contribution in [-0.4, -0.2) is 5.97 Å². The fourth-order valence-electron chi connectivity index (χ4n) is 1.94. The number of ether oxygens (including phenoxy) is 1. The van der Waals surface area contributed by atoms with Crippen LogP contribution in [0.2, 0.25) is 10.0 Å². The monoisotopic (exact) mass is 336 g/mol. The van der Waals surface area contributed by atoms with Crippen molar-refractivity contribution in [3.8, 4) is 0 Å². The fraction of sp³-hybridized carbons (Fsp3) is 0.0625. The van der Waals surface area contributed by atoms with Gasteiger partial charge in [-0.15, -0.1) is 11.3 Å². The summed E-state index contributed by atoms with van der Waals surface area (Å²) in [7, 11) is 0. The van der Waals surface area contributed by atoms with Crippen molar-refractivity contribution in [3.05, 3.63) is 69.0 Å². The number of benzene rings is 2. The van der Waals surface area contributed by atoms with E-state index in [1.807, 2.05) is 36.4 Å². The van der Waals surface area contributed by atoms with E-state index in [0.29, 0.717) is 14.9 Å².